The predicted molar refractivity (Wildman–Crippen MR) is 81.1 cm³/mol. The van der Waals surface area contributed by atoms with E-state index < -0.39 is 0 Å². The average Bonchev–Trinajstić information content (AvgIpc) is 2.87. The third-order valence-electron chi connectivity index (χ3n) is 4.14. The number of nitrogens with one attached hydrogen (secondary N) is 1. The Balaban J connectivity index is 2.12. The Kier molecular flexibility index (Phi) is 5.76. The molecule has 1 N–H and O–H groups in total. The van der Waals surface area contributed by atoms with Gasteiger partial charge in [-0.05, 0) is 39.4 Å². The highest BCUT2D eigenvalue weighted by atomic mass is 16.5. The zero-order valence-electron chi connectivity index (χ0n) is 13.3. The molecule has 0 spiro atoms. The van der Waals surface area contributed by atoms with Gasteiger partial charge in [0.2, 0.25) is 0 Å². The van der Waals surface area contributed by atoms with Gasteiger partial charge in [0.15, 0.2) is 0 Å². The Bertz CT molecular complexity index is 466. The second-order valence-electron chi connectivity index (χ2n) is 5.39. The molecule has 2 heterocycles. The highest BCUT2D eigenvalue weighted by Crippen LogP contribution is 2.18. The molecule has 0 atom stereocenters. The lowest BCUT2D eigenvalue weighted by atomic mass is 10.0. The third-order valence-corrected chi connectivity index (χ3v) is 4.14. The summed E-state index contributed by atoms with van der Waals surface area (Å²) in [6.45, 7) is 8.22. The molecular weight excluding hydrogens is 268 g/mol. The lowest BCUT2D eigenvalue weighted by Crippen LogP contribution is -2.43. The molecule has 6 nitrogen and oxygen atoms in total. The Morgan fingerprint density at radius 1 is 1.48 bits per heavy atom. The Labute approximate surface area is 126 Å². The van der Waals surface area contributed by atoms with Crippen LogP contribution in [0.4, 0.5) is 0 Å². The van der Waals surface area contributed by atoms with Gasteiger partial charge in [-0.1, -0.05) is 6.92 Å². The summed E-state index contributed by atoms with van der Waals surface area (Å²) in [6, 6.07) is 0.571. The summed E-state index contributed by atoms with van der Waals surface area (Å²) in [7, 11) is 1.88. The molecule has 0 saturated carbocycles. The van der Waals surface area contributed by atoms with Gasteiger partial charge in [-0.2, -0.15) is 5.10 Å². The molecule has 0 aliphatic carbocycles. The number of nitrogens with zero attached hydrogens (tertiary/aromatic N) is 3. The fourth-order valence-corrected chi connectivity index (χ4v) is 2.89. The molecule has 6 heteroatoms. The first-order valence-corrected chi connectivity index (χ1v) is 7.80. The molecule has 1 aliphatic rings. The van der Waals surface area contributed by atoms with Crippen molar-refractivity contribution in [2.45, 2.75) is 39.3 Å². The van der Waals surface area contributed by atoms with Gasteiger partial charge >= 0.3 is 5.97 Å². The summed E-state index contributed by atoms with van der Waals surface area (Å²) in [6.07, 6.45) is 3.92. The van der Waals surface area contributed by atoms with Crippen LogP contribution >= 0.6 is 0 Å². The van der Waals surface area contributed by atoms with E-state index in [0.29, 0.717) is 18.2 Å². The minimum atomic E-state index is -0.276. The van der Waals surface area contributed by atoms with Crippen LogP contribution in [-0.2, 0) is 18.3 Å². The smallest absolute Gasteiger partial charge is 0.341 e. The third kappa shape index (κ3) is 3.83. The summed E-state index contributed by atoms with van der Waals surface area (Å²) < 4.78 is 6.91. The molecule has 0 radical (unpaired) electrons. The molecule has 0 aromatic carbocycles. The molecule has 0 amide bonds. The van der Waals surface area contributed by atoms with Crippen molar-refractivity contribution in [3.05, 3.63) is 17.5 Å². The normalized spacial score (nSPS) is 16.4. The quantitative estimate of drug-likeness (QED) is 0.798. The first-order chi connectivity index (χ1) is 10.2. The van der Waals surface area contributed by atoms with Gasteiger partial charge in [-0.3, -0.25) is 9.58 Å². The maximum Gasteiger partial charge on any atom is 0.341 e. The zero-order chi connectivity index (χ0) is 15.2. The van der Waals surface area contributed by atoms with Crippen LogP contribution in [0.2, 0.25) is 0 Å². The van der Waals surface area contributed by atoms with E-state index in [1.54, 1.807) is 10.9 Å². The van der Waals surface area contributed by atoms with Gasteiger partial charge in [0, 0.05) is 19.6 Å². The number of carbonyl (C=O) groups is 1. The second-order valence-corrected chi connectivity index (χ2v) is 5.39. The Morgan fingerprint density at radius 3 is 2.81 bits per heavy atom. The summed E-state index contributed by atoms with van der Waals surface area (Å²) in [5.74, 6) is -0.276. The SMILES string of the molecule is CCOC(=O)c1cnn(C)c1CN(CC)C1CCNCC1. The Hall–Kier alpha value is -1.40. The number of hydrogen-bond acceptors (Lipinski definition) is 5. The minimum Gasteiger partial charge on any atom is -0.462 e. The molecule has 1 aromatic heterocycles. The van der Waals surface area contributed by atoms with Crippen LogP contribution in [0.15, 0.2) is 6.20 Å². The lowest BCUT2D eigenvalue weighted by Gasteiger charge is -2.33. The molecule has 118 valence electrons. The molecule has 0 unspecified atom stereocenters. The molecule has 2 rings (SSSR count). The van der Waals surface area contributed by atoms with Crippen LogP contribution in [0.1, 0.15) is 42.7 Å². The van der Waals surface area contributed by atoms with Crippen molar-refractivity contribution in [3.63, 3.8) is 0 Å². The largest absolute Gasteiger partial charge is 0.462 e. The van der Waals surface area contributed by atoms with E-state index >= 15 is 0 Å². The molecule has 1 aliphatic heterocycles. The van der Waals surface area contributed by atoms with Crippen molar-refractivity contribution >= 4 is 5.97 Å². The van der Waals surface area contributed by atoms with E-state index in [1.165, 1.54) is 0 Å². The number of aryl methyl sites for hydroxylation is 1. The molecule has 21 heavy (non-hydrogen) atoms. The van der Waals surface area contributed by atoms with Crippen molar-refractivity contribution in [3.8, 4) is 0 Å². The second kappa shape index (κ2) is 7.56. The van der Waals surface area contributed by atoms with Crippen LogP contribution < -0.4 is 5.32 Å². The van der Waals surface area contributed by atoms with Crippen molar-refractivity contribution < 1.29 is 9.53 Å². The van der Waals surface area contributed by atoms with Crippen LogP contribution in [0, 0.1) is 0 Å². The number of carbonyl (C=O) groups excluding carboxylic acids is 1. The summed E-state index contributed by atoms with van der Waals surface area (Å²) in [5, 5.41) is 7.62. The molecule has 1 fully saturated rings. The number of rotatable bonds is 6. The highest BCUT2D eigenvalue weighted by molar-refractivity contribution is 5.90. The van der Waals surface area contributed by atoms with Gasteiger partial charge in [-0.25, -0.2) is 4.79 Å². The van der Waals surface area contributed by atoms with Crippen LogP contribution in [0.25, 0.3) is 0 Å². The van der Waals surface area contributed by atoms with Crippen molar-refractivity contribution in [1.29, 1.82) is 0 Å². The van der Waals surface area contributed by atoms with Crippen LogP contribution in [0.5, 0.6) is 0 Å². The van der Waals surface area contributed by atoms with E-state index in [4.69, 9.17) is 4.74 Å². The number of aromatic nitrogens is 2. The standard InChI is InChI=1S/C15H26N4O2/c1-4-19(12-6-8-16-9-7-12)11-14-13(10-17-18(14)3)15(20)21-5-2/h10,12,16H,4-9,11H2,1-3H3. The van der Waals surface area contributed by atoms with Gasteiger partial charge < -0.3 is 10.1 Å². The van der Waals surface area contributed by atoms with Crippen molar-refractivity contribution in [1.82, 2.24) is 20.0 Å². The van der Waals surface area contributed by atoms with Crippen LogP contribution in [0.3, 0.4) is 0 Å². The van der Waals surface area contributed by atoms with Gasteiger partial charge in [0.05, 0.1) is 18.5 Å². The number of esters is 1. The molecule has 1 aromatic rings. The first kappa shape index (κ1) is 16.0. The number of piperidine rings is 1. The van der Waals surface area contributed by atoms with Crippen molar-refractivity contribution in [2.75, 3.05) is 26.2 Å². The van der Waals surface area contributed by atoms with Crippen LogP contribution in [-0.4, -0.2) is 52.9 Å². The molecule has 0 bridgehead atoms. The predicted octanol–water partition coefficient (Wildman–Crippen LogP) is 1.17. The van der Waals surface area contributed by atoms with E-state index in [-0.39, 0.29) is 5.97 Å². The highest BCUT2D eigenvalue weighted by Gasteiger charge is 2.24. The van der Waals surface area contributed by atoms with Gasteiger partial charge in [0.1, 0.15) is 5.56 Å². The Morgan fingerprint density at radius 2 is 2.19 bits per heavy atom. The maximum absolute atomic E-state index is 12.0. The first-order valence-electron chi connectivity index (χ1n) is 7.80. The minimum absolute atomic E-state index is 0.276. The number of hydrogen-bond donors (Lipinski definition) is 1. The van der Waals surface area contributed by atoms with E-state index in [9.17, 15) is 4.79 Å². The molecule has 1 saturated heterocycles. The monoisotopic (exact) mass is 294 g/mol. The van der Waals surface area contributed by atoms with E-state index in [1.807, 2.05) is 14.0 Å². The van der Waals surface area contributed by atoms with Gasteiger partial charge in [-0.15, -0.1) is 0 Å². The van der Waals surface area contributed by atoms with Crippen molar-refractivity contribution in [2.24, 2.45) is 7.05 Å². The van der Waals surface area contributed by atoms with E-state index in [2.05, 4.69) is 22.2 Å². The maximum atomic E-state index is 12.0. The topological polar surface area (TPSA) is 59.4 Å². The summed E-state index contributed by atoms with van der Waals surface area (Å²) in [5.41, 5.74) is 1.53. The summed E-state index contributed by atoms with van der Waals surface area (Å²) >= 11 is 0. The number of ether oxygens (including phenoxy) is 1. The fourth-order valence-electron chi connectivity index (χ4n) is 2.89. The fraction of sp³-hybridized carbons (Fsp3) is 0.733. The summed E-state index contributed by atoms with van der Waals surface area (Å²) in [4.78, 5) is 14.5. The lowest BCUT2D eigenvalue weighted by molar-refractivity contribution is 0.0522. The molecular formula is C15H26N4O2. The van der Waals surface area contributed by atoms with E-state index in [0.717, 1.165) is 44.7 Å². The van der Waals surface area contributed by atoms with Gasteiger partial charge in [0.25, 0.3) is 0 Å². The zero-order valence-corrected chi connectivity index (χ0v) is 13.3. The average molecular weight is 294 g/mol.